The first-order valence-corrected chi connectivity index (χ1v) is 18.9. The molecule has 1 aliphatic rings. The Morgan fingerprint density at radius 2 is 1.86 bits per heavy atom. The van der Waals surface area contributed by atoms with Gasteiger partial charge in [-0.05, 0) is 61.6 Å². The quantitative estimate of drug-likeness (QED) is 0.161. The summed E-state index contributed by atoms with van der Waals surface area (Å²) in [6, 6.07) is 7.70. The second-order valence-electron chi connectivity index (χ2n) is 13.0. The lowest BCUT2D eigenvalue weighted by Gasteiger charge is -2.31. The number of carbonyl (C=O) groups excluding carboxylic acids is 1. The van der Waals surface area contributed by atoms with Crippen molar-refractivity contribution in [3.8, 4) is 0 Å². The van der Waals surface area contributed by atoms with Crippen molar-refractivity contribution in [2.24, 2.45) is 7.05 Å². The fourth-order valence-corrected chi connectivity index (χ4v) is 6.68. The van der Waals surface area contributed by atoms with Crippen LogP contribution in [-0.4, -0.2) is 57.7 Å². The molecule has 44 heavy (non-hydrogen) atoms. The van der Waals surface area contributed by atoms with Gasteiger partial charge in [-0.2, -0.15) is 0 Å². The average molecular weight is 625 g/mol. The normalized spacial score (nSPS) is 15.4. The highest BCUT2D eigenvalue weighted by molar-refractivity contribution is 6.76. The summed E-state index contributed by atoms with van der Waals surface area (Å²) in [4.78, 5) is 35.9. The number of fused-ring (bicyclic) bond motifs is 2. The molecule has 1 unspecified atom stereocenters. The maximum atomic E-state index is 14.3. The number of hydrogen-bond donors (Lipinski definition) is 1. The number of ether oxygens (including phenoxy) is 1. The van der Waals surface area contributed by atoms with Gasteiger partial charge in [0.05, 0.1) is 16.9 Å². The maximum absolute atomic E-state index is 14.3. The third kappa shape index (κ3) is 6.70. The van der Waals surface area contributed by atoms with Gasteiger partial charge in [-0.3, -0.25) is 14.2 Å². The van der Waals surface area contributed by atoms with Crippen LogP contribution in [0.25, 0.3) is 21.9 Å². The van der Waals surface area contributed by atoms with E-state index in [2.05, 4.69) is 34.9 Å². The third-order valence-electron chi connectivity index (χ3n) is 8.67. The van der Waals surface area contributed by atoms with E-state index in [0.717, 1.165) is 6.04 Å². The van der Waals surface area contributed by atoms with Crippen molar-refractivity contribution >= 4 is 41.7 Å². The second kappa shape index (κ2) is 12.8. The molecule has 3 aromatic heterocycles. The number of carbonyl (C=O) groups is 1. The van der Waals surface area contributed by atoms with Crippen molar-refractivity contribution in [2.75, 3.05) is 25.0 Å². The molecule has 1 saturated heterocycles. The number of amides is 1. The van der Waals surface area contributed by atoms with Crippen molar-refractivity contribution in [1.29, 1.82) is 0 Å². The molecule has 0 bridgehead atoms. The van der Waals surface area contributed by atoms with E-state index < -0.39 is 14.5 Å². The molecule has 1 atom stereocenters. The van der Waals surface area contributed by atoms with E-state index in [9.17, 15) is 18.4 Å². The molecule has 0 spiro atoms. The first kappa shape index (κ1) is 31.8. The standard InChI is InChI=1S/C32H42F2N6O3Si/c1-20(23-15-26(29(33)34)24-9-12-40(28(24)16-23)19-43-13-14-44(4,5)6)37-30-27-17-25(22-7-10-39(11-8-22)21(2)41)32(42)38(3)31(27)36-18-35-30/h9,12,15-18,20,22,29H,7-8,10-11,13-14,19H2,1-6H3,(H,35,36,37). The first-order chi connectivity index (χ1) is 20.8. The van der Waals surface area contributed by atoms with Gasteiger partial charge in [0.1, 0.15) is 24.5 Å². The summed E-state index contributed by atoms with van der Waals surface area (Å²) in [6.07, 6.45) is 1.96. The molecule has 0 radical (unpaired) electrons. The molecule has 1 fully saturated rings. The number of aryl methyl sites for hydroxylation is 1. The minimum absolute atomic E-state index is 0.0101. The molecule has 0 saturated carbocycles. The molecule has 1 aliphatic heterocycles. The number of likely N-dealkylation sites (tertiary alicyclic amines) is 1. The number of benzene rings is 1. The van der Waals surface area contributed by atoms with E-state index in [0.29, 0.717) is 78.1 Å². The van der Waals surface area contributed by atoms with Gasteiger partial charge in [-0.15, -0.1) is 0 Å². The molecular weight excluding hydrogens is 582 g/mol. The monoisotopic (exact) mass is 624 g/mol. The van der Waals surface area contributed by atoms with E-state index in [1.54, 1.807) is 37.2 Å². The van der Waals surface area contributed by atoms with Crippen molar-refractivity contribution in [3.05, 3.63) is 63.8 Å². The van der Waals surface area contributed by atoms with Crippen LogP contribution in [-0.2, 0) is 23.3 Å². The molecule has 4 heterocycles. The van der Waals surface area contributed by atoms with E-state index >= 15 is 0 Å². The highest BCUT2D eigenvalue weighted by atomic mass is 28.3. The summed E-state index contributed by atoms with van der Waals surface area (Å²) in [5, 5.41) is 4.60. The number of hydrogen-bond acceptors (Lipinski definition) is 6. The summed E-state index contributed by atoms with van der Waals surface area (Å²) in [7, 11) is 0.446. The first-order valence-electron chi connectivity index (χ1n) is 15.2. The zero-order valence-corrected chi connectivity index (χ0v) is 27.4. The van der Waals surface area contributed by atoms with Crippen LogP contribution in [0, 0.1) is 0 Å². The maximum Gasteiger partial charge on any atom is 0.264 e. The Hall–Kier alpha value is -3.64. The van der Waals surface area contributed by atoms with Crippen molar-refractivity contribution in [1.82, 2.24) is 24.0 Å². The van der Waals surface area contributed by atoms with Gasteiger partial charge in [0.2, 0.25) is 5.91 Å². The third-order valence-corrected chi connectivity index (χ3v) is 10.4. The molecule has 1 N–H and O–H groups in total. The van der Waals surface area contributed by atoms with Gasteiger partial charge in [0.15, 0.2) is 0 Å². The molecule has 9 nitrogen and oxygen atoms in total. The van der Waals surface area contributed by atoms with Crippen molar-refractivity contribution in [2.45, 2.75) is 77.5 Å². The van der Waals surface area contributed by atoms with Gasteiger partial charge in [-0.25, -0.2) is 18.7 Å². The number of nitrogens with zero attached hydrogens (tertiary/aromatic N) is 5. The largest absolute Gasteiger partial charge is 0.363 e. The molecule has 4 aromatic rings. The zero-order valence-electron chi connectivity index (χ0n) is 26.4. The van der Waals surface area contributed by atoms with Gasteiger partial charge in [0.25, 0.3) is 12.0 Å². The zero-order chi connectivity index (χ0) is 31.8. The number of aromatic nitrogens is 4. The Balaban J connectivity index is 1.45. The van der Waals surface area contributed by atoms with Gasteiger partial charge >= 0.3 is 0 Å². The highest BCUT2D eigenvalue weighted by Gasteiger charge is 2.26. The van der Waals surface area contributed by atoms with Gasteiger partial charge in [0, 0.05) is 64.5 Å². The van der Waals surface area contributed by atoms with E-state index in [1.807, 2.05) is 23.6 Å². The van der Waals surface area contributed by atoms with Crippen LogP contribution in [0.15, 0.2) is 41.6 Å². The average Bonchev–Trinajstić information content (AvgIpc) is 3.39. The SMILES string of the molecule is CC(=O)N1CCC(c2cc3c(NC(C)c4cc(C(F)F)c5ccn(COCC[Si](C)(C)C)c5c4)ncnc3n(C)c2=O)CC1. The molecule has 12 heteroatoms. The smallest absolute Gasteiger partial charge is 0.264 e. The lowest BCUT2D eigenvalue weighted by molar-refractivity contribution is -0.129. The van der Waals surface area contributed by atoms with Crippen molar-refractivity contribution < 1.29 is 18.3 Å². The van der Waals surface area contributed by atoms with Crippen LogP contribution in [0.1, 0.15) is 61.8 Å². The summed E-state index contributed by atoms with van der Waals surface area (Å²) in [5.74, 6) is 0.568. The van der Waals surface area contributed by atoms with Crippen LogP contribution in [0.2, 0.25) is 25.7 Å². The number of nitrogens with one attached hydrogen (secondary N) is 1. The number of halogens is 2. The van der Waals surface area contributed by atoms with Crippen LogP contribution < -0.4 is 10.9 Å². The summed E-state index contributed by atoms with van der Waals surface area (Å²) in [5.41, 5.74) is 2.38. The number of anilines is 1. The minimum atomic E-state index is -2.64. The summed E-state index contributed by atoms with van der Waals surface area (Å²) >= 11 is 0. The lowest BCUT2D eigenvalue weighted by Crippen LogP contribution is -2.38. The van der Waals surface area contributed by atoms with Gasteiger partial charge < -0.3 is 19.5 Å². The second-order valence-corrected chi connectivity index (χ2v) is 18.7. The number of piperidine rings is 1. The van der Waals surface area contributed by atoms with Crippen LogP contribution in [0.3, 0.4) is 0 Å². The molecule has 236 valence electrons. The number of pyridine rings is 1. The Morgan fingerprint density at radius 3 is 2.52 bits per heavy atom. The van der Waals surface area contributed by atoms with E-state index in [1.165, 1.54) is 10.9 Å². The van der Waals surface area contributed by atoms with Crippen LogP contribution in [0.4, 0.5) is 14.6 Å². The molecule has 1 aromatic carbocycles. The Bertz CT molecular complexity index is 1720. The predicted molar refractivity (Wildman–Crippen MR) is 172 cm³/mol. The fraction of sp³-hybridized carbons (Fsp3) is 0.500. The van der Waals surface area contributed by atoms with Gasteiger partial charge in [-0.1, -0.05) is 19.6 Å². The summed E-state index contributed by atoms with van der Waals surface area (Å²) < 4.78 is 37.9. The van der Waals surface area contributed by atoms with Crippen LogP contribution >= 0.6 is 0 Å². The predicted octanol–water partition coefficient (Wildman–Crippen LogP) is 6.43. The number of alkyl halides is 2. The van der Waals surface area contributed by atoms with E-state index in [-0.39, 0.29) is 29.0 Å². The lowest BCUT2D eigenvalue weighted by atomic mass is 9.89. The number of rotatable bonds is 10. The molecule has 1 amide bonds. The Kier molecular flexibility index (Phi) is 9.22. The summed E-state index contributed by atoms with van der Waals surface area (Å²) in [6.45, 7) is 12.5. The highest BCUT2D eigenvalue weighted by Crippen LogP contribution is 2.34. The Morgan fingerprint density at radius 1 is 1.14 bits per heavy atom. The van der Waals surface area contributed by atoms with E-state index in [4.69, 9.17) is 4.74 Å². The molecule has 0 aliphatic carbocycles. The fourth-order valence-electron chi connectivity index (χ4n) is 5.93. The van der Waals surface area contributed by atoms with Crippen LogP contribution in [0.5, 0.6) is 0 Å². The minimum Gasteiger partial charge on any atom is -0.363 e. The topological polar surface area (TPSA) is 94.3 Å². The van der Waals surface area contributed by atoms with Crippen molar-refractivity contribution in [3.63, 3.8) is 0 Å². The molecule has 5 rings (SSSR count). The molecular formula is C32H42F2N6O3Si. The Labute approximate surface area is 257 Å².